The van der Waals surface area contributed by atoms with E-state index in [-0.39, 0.29) is 11.4 Å². The number of nitrogens with zero attached hydrogens (tertiary/aromatic N) is 1. The van der Waals surface area contributed by atoms with Crippen LogP contribution in [-0.2, 0) is 6.54 Å². The van der Waals surface area contributed by atoms with Crippen LogP contribution in [-0.4, -0.2) is 4.57 Å². The first-order chi connectivity index (χ1) is 6.74. The molecule has 3 heteroatoms. The average Bonchev–Trinajstić information content (AvgIpc) is 2.18. The third-order valence-electron chi connectivity index (χ3n) is 2.20. The highest BCUT2D eigenvalue weighted by molar-refractivity contribution is 4.96. The smallest absolute Gasteiger partial charge is 0.250 e. The van der Waals surface area contributed by atoms with E-state index in [2.05, 4.69) is 6.92 Å². The number of aromatic nitrogens is 1. The van der Waals surface area contributed by atoms with E-state index >= 15 is 0 Å². The quantitative estimate of drug-likeness (QED) is 0.665. The second-order valence-corrected chi connectivity index (χ2v) is 3.44. The molecular formula is C11H16FNO. The van der Waals surface area contributed by atoms with Crippen molar-refractivity contribution in [3.05, 3.63) is 34.5 Å². The van der Waals surface area contributed by atoms with E-state index in [1.54, 1.807) is 0 Å². The average molecular weight is 197 g/mol. The fourth-order valence-electron chi connectivity index (χ4n) is 1.39. The van der Waals surface area contributed by atoms with Crippen molar-refractivity contribution < 1.29 is 4.39 Å². The van der Waals surface area contributed by atoms with Gasteiger partial charge >= 0.3 is 0 Å². The lowest BCUT2D eigenvalue weighted by Crippen LogP contribution is -2.18. The number of unbranched alkanes of at least 4 members (excludes halogenated alkanes) is 3. The molecule has 0 N–H and O–H groups in total. The summed E-state index contributed by atoms with van der Waals surface area (Å²) in [6.45, 7) is 2.75. The zero-order chi connectivity index (χ0) is 10.4. The summed E-state index contributed by atoms with van der Waals surface area (Å²) in [4.78, 5) is 11.2. The topological polar surface area (TPSA) is 22.0 Å². The van der Waals surface area contributed by atoms with Gasteiger partial charge in [0.1, 0.15) is 5.82 Å². The molecule has 2 nitrogen and oxygen atoms in total. The number of rotatable bonds is 5. The highest BCUT2D eigenvalue weighted by Gasteiger charge is 1.97. The predicted molar refractivity (Wildman–Crippen MR) is 54.8 cm³/mol. The number of halogens is 1. The molecule has 1 aromatic rings. The standard InChI is InChI=1S/C11H16FNO/c1-2-3-4-5-8-13-9-10(12)6-7-11(13)14/h6-7,9H,2-5,8H2,1H3. The zero-order valence-corrected chi connectivity index (χ0v) is 8.50. The maximum absolute atomic E-state index is 12.8. The monoisotopic (exact) mass is 197 g/mol. The number of hydrogen-bond donors (Lipinski definition) is 0. The van der Waals surface area contributed by atoms with Crippen LogP contribution in [0.3, 0.4) is 0 Å². The third-order valence-corrected chi connectivity index (χ3v) is 2.20. The lowest BCUT2D eigenvalue weighted by molar-refractivity contribution is 0.542. The Balaban J connectivity index is 2.49. The zero-order valence-electron chi connectivity index (χ0n) is 8.50. The van der Waals surface area contributed by atoms with Gasteiger partial charge in [-0.15, -0.1) is 0 Å². The fourth-order valence-corrected chi connectivity index (χ4v) is 1.39. The Labute approximate surface area is 83.4 Å². The lowest BCUT2D eigenvalue weighted by atomic mass is 10.2. The van der Waals surface area contributed by atoms with Crippen LogP contribution in [0.4, 0.5) is 4.39 Å². The van der Waals surface area contributed by atoms with E-state index in [9.17, 15) is 9.18 Å². The summed E-state index contributed by atoms with van der Waals surface area (Å²) in [7, 11) is 0. The Morgan fingerprint density at radius 1 is 1.29 bits per heavy atom. The molecule has 78 valence electrons. The molecule has 0 aromatic carbocycles. The van der Waals surface area contributed by atoms with Gasteiger partial charge in [-0.25, -0.2) is 4.39 Å². The number of hydrogen-bond acceptors (Lipinski definition) is 1. The minimum atomic E-state index is -0.347. The Hall–Kier alpha value is -1.12. The Morgan fingerprint density at radius 2 is 2.07 bits per heavy atom. The predicted octanol–water partition coefficient (Wildman–Crippen LogP) is 2.57. The summed E-state index contributed by atoms with van der Waals surface area (Å²) in [5.74, 6) is -0.347. The van der Waals surface area contributed by atoms with Crippen LogP contribution in [0.5, 0.6) is 0 Å². The van der Waals surface area contributed by atoms with Crippen LogP contribution in [0, 0.1) is 5.82 Å². The molecule has 0 radical (unpaired) electrons. The van der Waals surface area contributed by atoms with Crippen LogP contribution in [0.15, 0.2) is 23.1 Å². The van der Waals surface area contributed by atoms with Crippen LogP contribution in [0.2, 0.25) is 0 Å². The molecule has 1 aromatic heterocycles. The SMILES string of the molecule is CCCCCCn1cc(F)ccc1=O. The van der Waals surface area contributed by atoms with E-state index in [4.69, 9.17) is 0 Å². The third kappa shape index (κ3) is 3.32. The molecule has 1 rings (SSSR count). The number of aryl methyl sites for hydroxylation is 1. The van der Waals surface area contributed by atoms with Crippen LogP contribution in [0.25, 0.3) is 0 Å². The van der Waals surface area contributed by atoms with E-state index in [0.717, 1.165) is 19.3 Å². The molecule has 0 atom stereocenters. The molecule has 0 saturated carbocycles. The molecule has 1 heterocycles. The second kappa shape index (κ2) is 5.58. The molecular weight excluding hydrogens is 181 g/mol. The van der Waals surface area contributed by atoms with Gasteiger partial charge in [-0.1, -0.05) is 26.2 Å². The molecule has 0 bridgehead atoms. The van der Waals surface area contributed by atoms with Gasteiger partial charge in [0, 0.05) is 18.8 Å². The van der Waals surface area contributed by atoms with Gasteiger partial charge in [0.25, 0.3) is 5.56 Å². The van der Waals surface area contributed by atoms with Crippen molar-refractivity contribution in [3.8, 4) is 0 Å². The minimum absolute atomic E-state index is 0.122. The van der Waals surface area contributed by atoms with Gasteiger partial charge in [-0.05, 0) is 12.5 Å². The summed E-state index contributed by atoms with van der Waals surface area (Å²) in [6.07, 6.45) is 5.65. The van der Waals surface area contributed by atoms with Crippen LogP contribution < -0.4 is 5.56 Å². The molecule has 0 aliphatic carbocycles. The molecule has 0 aliphatic rings. The van der Waals surface area contributed by atoms with Crippen molar-refractivity contribution >= 4 is 0 Å². The Morgan fingerprint density at radius 3 is 2.79 bits per heavy atom. The van der Waals surface area contributed by atoms with Crippen LogP contribution >= 0.6 is 0 Å². The van der Waals surface area contributed by atoms with E-state index < -0.39 is 0 Å². The van der Waals surface area contributed by atoms with Crippen molar-refractivity contribution in [2.75, 3.05) is 0 Å². The largest absolute Gasteiger partial charge is 0.313 e. The minimum Gasteiger partial charge on any atom is -0.313 e. The van der Waals surface area contributed by atoms with Gasteiger partial charge in [0.15, 0.2) is 0 Å². The Bertz CT molecular complexity index is 332. The second-order valence-electron chi connectivity index (χ2n) is 3.44. The maximum Gasteiger partial charge on any atom is 0.250 e. The van der Waals surface area contributed by atoms with Gasteiger partial charge in [-0.2, -0.15) is 0 Å². The van der Waals surface area contributed by atoms with Gasteiger partial charge in [-0.3, -0.25) is 4.79 Å². The molecule has 0 spiro atoms. The summed E-state index contributed by atoms with van der Waals surface area (Å²) in [5, 5.41) is 0. The van der Waals surface area contributed by atoms with Gasteiger partial charge in [0.05, 0.1) is 0 Å². The van der Waals surface area contributed by atoms with Gasteiger partial charge < -0.3 is 4.57 Å². The highest BCUT2D eigenvalue weighted by Crippen LogP contribution is 2.01. The first kappa shape index (κ1) is 11.0. The van der Waals surface area contributed by atoms with Crippen molar-refractivity contribution in [1.29, 1.82) is 0 Å². The summed E-state index contributed by atoms with van der Waals surface area (Å²) < 4.78 is 14.2. The molecule has 0 amide bonds. The molecule has 0 saturated heterocycles. The van der Waals surface area contributed by atoms with Crippen molar-refractivity contribution in [2.45, 2.75) is 39.2 Å². The molecule has 14 heavy (non-hydrogen) atoms. The van der Waals surface area contributed by atoms with Crippen LogP contribution in [0.1, 0.15) is 32.6 Å². The first-order valence-corrected chi connectivity index (χ1v) is 5.10. The van der Waals surface area contributed by atoms with E-state index in [0.29, 0.717) is 6.54 Å². The highest BCUT2D eigenvalue weighted by atomic mass is 19.1. The maximum atomic E-state index is 12.8. The van der Waals surface area contributed by atoms with Crippen molar-refractivity contribution in [2.24, 2.45) is 0 Å². The molecule has 0 unspecified atom stereocenters. The van der Waals surface area contributed by atoms with E-state index in [1.807, 2.05) is 0 Å². The summed E-state index contributed by atoms with van der Waals surface area (Å²) in [6, 6.07) is 2.47. The Kier molecular flexibility index (Phi) is 4.36. The lowest BCUT2D eigenvalue weighted by Gasteiger charge is -2.04. The fraction of sp³-hybridized carbons (Fsp3) is 0.545. The number of pyridine rings is 1. The van der Waals surface area contributed by atoms with Crippen molar-refractivity contribution in [1.82, 2.24) is 4.57 Å². The summed E-state index contributed by atoms with van der Waals surface area (Å²) >= 11 is 0. The molecule has 0 aliphatic heterocycles. The normalized spacial score (nSPS) is 10.4. The first-order valence-electron chi connectivity index (χ1n) is 5.10. The van der Waals surface area contributed by atoms with Crippen molar-refractivity contribution in [3.63, 3.8) is 0 Å². The van der Waals surface area contributed by atoms with E-state index in [1.165, 1.54) is 29.3 Å². The molecule has 0 fully saturated rings. The van der Waals surface area contributed by atoms with Gasteiger partial charge in [0.2, 0.25) is 0 Å². The summed E-state index contributed by atoms with van der Waals surface area (Å²) in [5.41, 5.74) is -0.122.